The third-order valence-corrected chi connectivity index (χ3v) is 15.1. The molecule has 16 heteroatoms. The fourth-order valence-corrected chi connectivity index (χ4v) is 10.6. The van der Waals surface area contributed by atoms with Gasteiger partial charge < -0.3 is 59.2 Å². The molecule has 0 radical (unpaired) electrons. The number of rotatable bonds is 4. The van der Waals surface area contributed by atoms with Crippen LogP contribution in [0.2, 0.25) is 0 Å². The van der Waals surface area contributed by atoms with Crippen molar-refractivity contribution in [1.29, 1.82) is 0 Å². The Labute approximate surface area is 527 Å². The number of ether oxygens (including phenoxy) is 8. The Morgan fingerprint density at radius 2 is 0.318 bits per heavy atom. The summed E-state index contributed by atoms with van der Waals surface area (Å²) in [6, 6.07) is 22.6. The molecule has 0 unspecified atom stereocenters. The Morgan fingerprint density at radius 1 is 0.205 bits per heavy atom. The second kappa shape index (κ2) is 45.4. The zero-order valence-corrected chi connectivity index (χ0v) is 54.1. The zero-order chi connectivity index (χ0) is 62.5. The second-order valence-electron chi connectivity index (χ2n) is 23.6. The van der Waals surface area contributed by atoms with Crippen LogP contribution in [0.15, 0.2) is 72.8 Å². The Balaban J connectivity index is 1.05. The first-order valence-corrected chi connectivity index (χ1v) is 33.7. The van der Waals surface area contributed by atoms with Crippen molar-refractivity contribution in [2.45, 2.75) is 233 Å². The molecule has 4 aromatic rings. The van der Waals surface area contributed by atoms with E-state index in [0.717, 1.165) is 154 Å². The summed E-state index contributed by atoms with van der Waals surface area (Å²) in [7, 11) is 0. The van der Waals surface area contributed by atoms with E-state index in [1.807, 2.05) is 72.8 Å². The van der Waals surface area contributed by atoms with Crippen molar-refractivity contribution in [2.75, 3.05) is 74.1 Å². The van der Waals surface area contributed by atoms with Gasteiger partial charge in [0.1, 0.15) is 46.0 Å². The van der Waals surface area contributed by atoms with E-state index in [-0.39, 0.29) is 23.6 Å². The minimum Gasteiger partial charge on any atom is -0.493 e. The Bertz CT molecular complexity index is 2110. The quantitative estimate of drug-likeness (QED) is 0.151. The molecule has 0 saturated heterocycles. The van der Waals surface area contributed by atoms with Crippen molar-refractivity contribution in [3.05, 3.63) is 72.8 Å². The molecular formula is C72H108N4O12. The minimum absolute atomic E-state index is 0.136. The number of amides is 4. The SMILES string of the molecule is CC(=O)Nc1cc2cc(c1)OCCCCCCCCCCOc1cc(NC(C)=O)cc(c1)OCCCCCCCCCCOc1cc(NC(C)=O)cc(c1)OCCCCCCCCCCOc1cc(NC(C)=O)cc(c1)OCCCCCCCCCCO2. The Kier molecular flexibility index (Phi) is 37.1. The summed E-state index contributed by atoms with van der Waals surface area (Å²) >= 11 is 0. The molecule has 1 aliphatic heterocycles. The summed E-state index contributed by atoms with van der Waals surface area (Å²) in [6.07, 6.45) is 35.0. The highest BCUT2D eigenvalue weighted by Gasteiger charge is 2.11. The first-order valence-electron chi connectivity index (χ1n) is 33.7. The lowest BCUT2D eigenvalue weighted by molar-refractivity contribution is -0.115. The predicted octanol–water partition coefficient (Wildman–Crippen LogP) is 18.1. The zero-order valence-electron chi connectivity index (χ0n) is 54.1. The van der Waals surface area contributed by atoms with Gasteiger partial charge in [-0.15, -0.1) is 0 Å². The van der Waals surface area contributed by atoms with E-state index in [1.54, 1.807) is 0 Å². The first kappa shape index (κ1) is 71.9. The molecule has 1 heterocycles. The van der Waals surface area contributed by atoms with Crippen LogP contribution >= 0.6 is 0 Å². The topological polar surface area (TPSA) is 190 Å². The summed E-state index contributed by atoms with van der Waals surface area (Å²) in [6.45, 7) is 10.9. The third-order valence-electron chi connectivity index (χ3n) is 15.1. The molecule has 4 aromatic carbocycles. The van der Waals surface area contributed by atoms with Gasteiger partial charge in [0.05, 0.1) is 52.9 Å². The average Bonchev–Trinajstić information content (AvgIpc) is 3.69. The molecular weight excluding hydrogens is 1110 g/mol. The van der Waals surface area contributed by atoms with Crippen LogP contribution in [0.25, 0.3) is 0 Å². The maximum absolute atomic E-state index is 11.9. The molecule has 16 nitrogen and oxygen atoms in total. The molecule has 0 atom stereocenters. The van der Waals surface area contributed by atoms with E-state index in [2.05, 4.69) is 21.3 Å². The number of fused-ring (bicyclic) bond motifs is 8. The molecule has 0 saturated carbocycles. The summed E-state index contributed by atoms with van der Waals surface area (Å²) in [5.41, 5.74) is 2.68. The largest absolute Gasteiger partial charge is 0.493 e. The summed E-state index contributed by atoms with van der Waals surface area (Å²) in [4.78, 5) is 47.7. The summed E-state index contributed by atoms with van der Waals surface area (Å²) < 4.78 is 49.2. The molecule has 4 N–H and O–H groups in total. The highest BCUT2D eigenvalue weighted by molar-refractivity contribution is 5.91. The molecule has 488 valence electrons. The Morgan fingerprint density at radius 3 is 0.432 bits per heavy atom. The van der Waals surface area contributed by atoms with Crippen LogP contribution in [-0.2, 0) is 19.2 Å². The van der Waals surface area contributed by atoms with E-state index in [1.165, 1.54) is 79.1 Å². The number of benzene rings is 4. The lowest BCUT2D eigenvalue weighted by atomic mass is 10.1. The van der Waals surface area contributed by atoms with Gasteiger partial charge in [-0.05, 0) is 51.4 Å². The van der Waals surface area contributed by atoms with E-state index < -0.39 is 0 Å². The smallest absolute Gasteiger partial charge is 0.221 e. The van der Waals surface area contributed by atoms with Crippen LogP contribution in [0.1, 0.15) is 233 Å². The molecule has 4 amide bonds. The fraction of sp³-hybridized carbons (Fsp3) is 0.611. The highest BCUT2D eigenvalue weighted by Crippen LogP contribution is 2.31. The maximum Gasteiger partial charge on any atom is 0.221 e. The van der Waals surface area contributed by atoms with Crippen molar-refractivity contribution in [3.8, 4) is 46.0 Å². The van der Waals surface area contributed by atoms with Gasteiger partial charge in [-0.3, -0.25) is 19.2 Å². The summed E-state index contributed by atoms with van der Waals surface area (Å²) in [5, 5.41) is 11.6. The molecule has 0 fully saturated rings. The molecule has 0 spiro atoms. The van der Waals surface area contributed by atoms with Crippen LogP contribution in [0.5, 0.6) is 46.0 Å². The number of anilines is 4. The van der Waals surface area contributed by atoms with Gasteiger partial charge in [-0.25, -0.2) is 0 Å². The number of hydrogen-bond acceptors (Lipinski definition) is 12. The minimum atomic E-state index is -0.136. The van der Waals surface area contributed by atoms with Crippen LogP contribution in [0.4, 0.5) is 22.7 Å². The van der Waals surface area contributed by atoms with Crippen LogP contribution < -0.4 is 59.2 Å². The van der Waals surface area contributed by atoms with Gasteiger partial charge in [0.15, 0.2) is 0 Å². The lowest BCUT2D eigenvalue weighted by Gasteiger charge is -2.13. The van der Waals surface area contributed by atoms with Gasteiger partial charge in [-0.1, -0.05) is 154 Å². The number of carbonyl (C=O) groups is 4. The van der Waals surface area contributed by atoms with Crippen molar-refractivity contribution < 1.29 is 57.1 Å². The van der Waals surface area contributed by atoms with Crippen LogP contribution in [0, 0.1) is 0 Å². The maximum atomic E-state index is 11.9. The predicted molar refractivity (Wildman–Crippen MR) is 355 cm³/mol. The van der Waals surface area contributed by atoms with E-state index in [9.17, 15) is 19.2 Å². The monoisotopic (exact) mass is 1220 g/mol. The van der Waals surface area contributed by atoms with Gasteiger partial charge in [-0.2, -0.15) is 0 Å². The summed E-state index contributed by atoms with van der Waals surface area (Å²) in [5.74, 6) is 5.04. The van der Waals surface area contributed by atoms with Crippen molar-refractivity contribution in [3.63, 3.8) is 0 Å². The van der Waals surface area contributed by atoms with Crippen molar-refractivity contribution >= 4 is 46.4 Å². The molecule has 1 aliphatic rings. The number of nitrogens with one attached hydrogen (secondary N) is 4. The normalized spacial score (nSPS) is 17.3. The number of hydrogen-bond donors (Lipinski definition) is 4. The third kappa shape index (κ3) is 35.2. The standard InChI is InChI=1S/C72H108N4O12/c1-57(77)73-61-45-65-53-66(46-61)82-38-30-22-14-6-8-16-24-32-40-84-68-48-63(75-59(3)79)50-70(55-68)86-42-34-26-18-10-12-20-28-36-44-88-72-52-64(76-60(4)80)51-71(56-72)87-43-35-27-19-11-9-17-25-33-41-85-69-49-62(74-58(2)78)47-67(54-69)83-39-31-23-15-7-5-13-21-29-37-81-65/h45-56H,5-44H2,1-4H3,(H,73,77)(H,74,78)(H,75,79)(H,76,80). The molecule has 8 bridgehead atoms. The second-order valence-corrected chi connectivity index (χ2v) is 23.6. The molecule has 0 aromatic heterocycles. The van der Waals surface area contributed by atoms with Gasteiger partial charge in [0.25, 0.3) is 0 Å². The van der Waals surface area contributed by atoms with Gasteiger partial charge in [0, 0.05) is 123 Å². The van der Waals surface area contributed by atoms with E-state index in [0.29, 0.717) is 122 Å². The molecule has 0 aliphatic carbocycles. The Hall–Kier alpha value is -6.84. The van der Waals surface area contributed by atoms with Crippen LogP contribution in [0.3, 0.4) is 0 Å². The van der Waals surface area contributed by atoms with E-state index >= 15 is 0 Å². The van der Waals surface area contributed by atoms with Gasteiger partial charge >= 0.3 is 0 Å². The van der Waals surface area contributed by atoms with Gasteiger partial charge in [0.2, 0.25) is 23.6 Å². The highest BCUT2D eigenvalue weighted by atomic mass is 16.5. The molecule has 5 rings (SSSR count). The van der Waals surface area contributed by atoms with Crippen molar-refractivity contribution in [1.82, 2.24) is 0 Å². The van der Waals surface area contributed by atoms with E-state index in [4.69, 9.17) is 37.9 Å². The first-order chi connectivity index (χ1) is 42.9. The average molecular weight is 1220 g/mol. The lowest BCUT2D eigenvalue weighted by Crippen LogP contribution is -2.07. The molecule has 88 heavy (non-hydrogen) atoms. The fourth-order valence-electron chi connectivity index (χ4n) is 10.6. The van der Waals surface area contributed by atoms with Crippen LogP contribution in [-0.4, -0.2) is 76.5 Å². The number of carbonyl (C=O) groups excluding carboxylic acids is 4. The van der Waals surface area contributed by atoms with Crippen molar-refractivity contribution in [2.24, 2.45) is 0 Å².